The van der Waals surface area contributed by atoms with Gasteiger partial charge in [-0.25, -0.2) is 4.98 Å². The lowest BCUT2D eigenvalue weighted by atomic mass is 10.1. The number of carbonyl (C=O) groups is 1. The van der Waals surface area contributed by atoms with Crippen molar-refractivity contribution < 1.29 is 14.3 Å². The monoisotopic (exact) mass is 346 g/mol. The van der Waals surface area contributed by atoms with Crippen molar-refractivity contribution in [2.24, 2.45) is 0 Å². The van der Waals surface area contributed by atoms with Crippen LogP contribution in [0.25, 0.3) is 0 Å². The van der Waals surface area contributed by atoms with E-state index < -0.39 is 0 Å². The van der Waals surface area contributed by atoms with Crippen molar-refractivity contribution in [2.75, 3.05) is 18.5 Å². The van der Waals surface area contributed by atoms with Crippen LogP contribution in [0.15, 0.2) is 42.6 Å². The maximum Gasteiger partial charge on any atom is 0.255 e. The van der Waals surface area contributed by atoms with Crippen LogP contribution in [0.4, 0.5) is 5.69 Å². The largest absolute Gasteiger partial charge is 0.489 e. The Morgan fingerprint density at radius 3 is 3.00 bits per heavy atom. The summed E-state index contributed by atoms with van der Waals surface area (Å²) in [6.07, 6.45) is 4.89. The predicted molar refractivity (Wildman–Crippen MR) is 92.7 cm³/mol. The van der Waals surface area contributed by atoms with E-state index in [1.54, 1.807) is 12.1 Å². The molecule has 1 fully saturated rings. The van der Waals surface area contributed by atoms with E-state index >= 15 is 0 Å². The summed E-state index contributed by atoms with van der Waals surface area (Å²) in [5.74, 6) is 0.365. The van der Waals surface area contributed by atoms with Crippen LogP contribution < -0.4 is 10.1 Å². The summed E-state index contributed by atoms with van der Waals surface area (Å²) < 4.78 is 11.5. The highest BCUT2D eigenvalue weighted by molar-refractivity contribution is 6.29. The van der Waals surface area contributed by atoms with Crippen LogP contribution in [0.3, 0.4) is 0 Å². The van der Waals surface area contributed by atoms with Gasteiger partial charge in [0.05, 0.1) is 11.8 Å². The standard InChI is InChI=1S/C18H19ClN2O3/c19-17-11-13(8-9-20-17)18(22)21-15-6-1-2-7-16(15)24-12-14-5-3-4-10-23-14/h1-2,6-9,11,14H,3-5,10,12H2,(H,21,22)/t14-/m1/s1. The molecule has 2 aromatic rings. The molecule has 1 aromatic heterocycles. The number of halogens is 1. The number of ether oxygens (including phenoxy) is 2. The average molecular weight is 347 g/mol. The van der Waals surface area contributed by atoms with Gasteiger partial charge in [-0.3, -0.25) is 4.79 Å². The van der Waals surface area contributed by atoms with E-state index in [4.69, 9.17) is 21.1 Å². The Morgan fingerprint density at radius 1 is 1.33 bits per heavy atom. The molecule has 24 heavy (non-hydrogen) atoms. The molecule has 3 rings (SSSR count). The number of para-hydroxylation sites is 2. The third-order valence-electron chi connectivity index (χ3n) is 3.82. The Hall–Kier alpha value is -2.11. The molecule has 6 heteroatoms. The van der Waals surface area contributed by atoms with Gasteiger partial charge in [-0.05, 0) is 43.5 Å². The van der Waals surface area contributed by atoms with E-state index in [1.807, 2.05) is 18.2 Å². The first kappa shape index (κ1) is 16.7. The highest BCUT2D eigenvalue weighted by atomic mass is 35.5. The predicted octanol–water partition coefficient (Wildman–Crippen LogP) is 3.94. The van der Waals surface area contributed by atoms with Crippen molar-refractivity contribution in [3.05, 3.63) is 53.3 Å². The quantitative estimate of drug-likeness (QED) is 0.833. The van der Waals surface area contributed by atoms with Gasteiger partial charge in [0.25, 0.3) is 5.91 Å². The summed E-state index contributed by atoms with van der Waals surface area (Å²) in [6, 6.07) is 10.5. The van der Waals surface area contributed by atoms with Crippen molar-refractivity contribution in [1.29, 1.82) is 0 Å². The fourth-order valence-corrected chi connectivity index (χ4v) is 2.73. The molecule has 1 saturated heterocycles. The average Bonchev–Trinajstić information content (AvgIpc) is 2.62. The molecule has 1 aliphatic heterocycles. The SMILES string of the molecule is O=C(Nc1ccccc1OC[C@H]1CCCCO1)c1ccnc(Cl)c1. The van der Waals surface area contributed by atoms with Crippen molar-refractivity contribution in [2.45, 2.75) is 25.4 Å². The first-order valence-electron chi connectivity index (χ1n) is 7.99. The number of nitrogens with one attached hydrogen (secondary N) is 1. The second-order valence-corrected chi connectivity index (χ2v) is 6.00. The van der Waals surface area contributed by atoms with Crippen molar-refractivity contribution in [3.8, 4) is 5.75 Å². The van der Waals surface area contributed by atoms with Gasteiger partial charge in [-0.2, -0.15) is 0 Å². The zero-order valence-electron chi connectivity index (χ0n) is 13.2. The topological polar surface area (TPSA) is 60.5 Å². The summed E-state index contributed by atoms with van der Waals surface area (Å²) >= 11 is 5.83. The molecule has 0 unspecified atom stereocenters. The number of pyridine rings is 1. The fourth-order valence-electron chi connectivity index (χ4n) is 2.56. The molecule has 126 valence electrons. The number of hydrogen-bond acceptors (Lipinski definition) is 4. The van der Waals surface area contributed by atoms with Crippen LogP contribution in [0.2, 0.25) is 5.15 Å². The van der Waals surface area contributed by atoms with Gasteiger partial charge in [0.2, 0.25) is 0 Å². The third-order valence-corrected chi connectivity index (χ3v) is 4.03. The highest BCUT2D eigenvalue weighted by Crippen LogP contribution is 2.25. The number of aromatic nitrogens is 1. The number of anilines is 1. The summed E-state index contributed by atoms with van der Waals surface area (Å²) in [5.41, 5.74) is 1.06. The summed E-state index contributed by atoms with van der Waals surface area (Å²) in [7, 11) is 0. The van der Waals surface area contributed by atoms with Crippen LogP contribution in [0.1, 0.15) is 29.6 Å². The van der Waals surface area contributed by atoms with E-state index in [0.29, 0.717) is 23.6 Å². The van der Waals surface area contributed by atoms with Crippen LogP contribution in [-0.2, 0) is 4.74 Å². The zero-order chi connectivity index (χ0) is 16.8. The third kappa shape index (κ3) is 4.46. The van der Waals surface area contributed by atoms with Gasteiger partial charge >= 0.3 is 0 Å². The summed E-state index contributed by atoms with van der Waals surface area (Å²) in [5, 5.41) is 3.13. The van der Waals surface area contributed by atoms with Gasteiger partial charge in [-0.15, -0.1) is 0 Å². The van der Waals surface area contributed by atoms with E-state index in [0.717, 1.165) is 25.9 Å². The van der Waals surface area contributed by atoms with E-state index in [-0.39, 0.29) is 17.2 Å². The number of benzene rings is 1. The van der Waals surface area contributed by atoms with E-state index in [9.17, 15) is 4.79 Å². The molecular weight excluding hydrogens is 328 g/mol. The van der Waals surface area contributed by atoms with E-state index in [1.165, 1.54) is 12.3 Å². The minimum Gasteiger partial charge on any atom is -0.489 e. The Labute approximate surface area is 145 Å². The summed E-state index contributed by atoms with van der Waals surface area (Å²) in [4.78, 5) is 16.2. The van der Waals surface area contributed by atoms with Crippen LogP contribution in [0.5, 0.6) is 5.75 Å². The van der Waals surface area contributed by atoms with Gasteiger partial charge < -0.3 is 14.8 Å². The molecule has 1 aliphatic rings. The van der Waals surface area contributed by atoms with Gasteiger partial charge in [0.15, 0.2) is 0 Å². The van der Waals surface area contributed by atoms with Crippen LogP contribution in [-0.4, -0.2) is 30.2 Å². The lowest BCUT2D eigenvalue weighted by molar-refractivity contribution is -0.0109. The molecular formula is C18H19ClN2O3. The molecule has 0 spiro atoms. The highest BCUT2D eigenvalue weighted by Gasteiger charge is 2.16. The smallest absolute Gasteiger partial charge is 0.255 e. The fraction of sp³-hybridized carbons (Fsp3) is 0.333. The minimum absolute atomic E-state index is 0.113. The van der Waals surface area contributed by atoms with Crippen LogP contribution in [0, 0.1) is 0 Å². The molecule has 1 amide bonds. The van der Waals surface area contributed by atoms with Crippen LogP contribution >= 0.6 is 11.6 Å². The minimum atomic E-state index is -0.260. The first-order chi connectivity index (χ1) is 11.7. The molecule has 1 aromatic carbocycles. The van der Waals surface area contributed by atoms with Gasteiger partial charge in [-0.1, -0.05) is 23.7 Å². The normalized spacial score (nSPS) is 17.3. The number of hydrogen-bond donors (Lipinski definition) is 1. The van der Waals surface area contributed by atoms with Crippen molar-refractivity contribution >= 4 is 23.2 Å². The Morgan fingerprint density at radius 2 is 2.21 bits per heavy atom. The Balaban J connectivity index is 1.66. The van der Waals surface area contributed by atoms with E-state index in [2.05, 4.69) is 10.3 Å². The molecule has 2 heterocycles. The second-order valence-electron chi connectivity index (χ2n) is 5.62. The first-order valence-corrected chi connectivity index (χ1v) is 8.36. The molecule has 5 nitrogen and oxygen atoms in total. The molecule has 0 radical (unpaired) electrons. The molecule has 1 atom stereocenters. The lowest BCUT2D eigenvalue weighted by Gasteiger charge is -2.23. The Kier molecular flexibility index (Phi) is 5.67. The number of nitrogens with zero attached hydrogens (tertiary/aromatic N) is 1. The van der Waals surface area contributed by atoms with Gasteiger partial charge in [0.1, 0.15) is 17.5 Å². The zero-order valence-corrected chi connectivity index (χ0v) is 14.0. The molecule has 0 bridgehead atoms. The number of rotatable bonds is 5. The molecule has 0 aliphatic carbocycles. The summed E-state index contributed by atoms with van der Waals surface area (Å²) in [6.45, 7) is 1.27. The van der Waals surface area contributed by atoms with Crippen molar-refractivity contribution in [1.82, 2.24) is 4.98 Å². The Bertz CT molecular complexity index is 702. The van der Waals surface area contributed by atoms with Crippen molar-refractivity contribution in [3.63, 3.8) is 0 Å². The maximum atomic E-state index is 12.3. The maximum absolute atomic E-state index is 12.3. The number of amides is 1. The molecule has 1 N–H and O–H groups in total. The lowest BCUT2D eigenvalue weighted by Crippen LogP contribution is -2.26. The number of carbonyl (C=O) groups excluding carboxylic acids is 1. The molecule has 0 saturated carbocycles. The second kappa shape index (κ2) is 8.13. The van der Waals surface area contributed by atoms with Gasteiger partial charge in [0, 0.05) is 18.4 Å².